The standard InChI is InChI=1S/C23H22N2O3S/c1-2-25-22(26)21(29-23(25)27)15-17-16-24(20-12-7-6-11-19(17)20)13-8-14-28-18-9-4-3-5-10-18/h3-7,9-12,15-16H,2,8,13-14H2,1H3/b21-15-. The van der Waals surface area contributed by atoms with E-state index in [0.29, 0.717) is 18.1 Å². The highest BCUT2D eigenvalue weighted by Gasteiger charge is 2.33. The molecule has 0 spiro atoms. The normalized spacial score (nSPS) is 15.6. The zero-order chi connectivity index (χ0) is 20.2. The smallest absolute Gasteiger partial charge is 0.293 e. The topological polar surface area (TPSA) is 51.5 Å². The number of fused-ring (bicyclic) bond motifs is 1. The maximum atomic E-state index is 12.4. The number of ether oxygens (including phenoxy) is 1. The van der Waals surface area contributed by atoms with E-state index in [1.807, 2.05) is 67.7 Å². The summed E-state index contributed by atoms with van der Waals surface area (Å²) >= 11 is 1.01. The van der Waals surface area contributed by atoms with Crippen LogP contribution in [0, 0.1) is 0 Å². The molecule has 29 heavy (non-hydrogen) atoms. The summed E-state index contributed by atoms with van der Waals surface area (Å²) in [5, 5.41) is 0.866. The maximum Gasteiger partial charge on any atom is 0.293 e. The predicted molar refractivity (Wildman–Crippen MR) is 117 cm³/mol. The van der Waals surface area contributed by atoms with Gasteiger partial charge in [-0.05, 0) is 49.4 Å². The molecule has 2 heterocycles. The second-order valence-electron chi connectivity index (χ2n) is 6.74. The Hall–Kier alpha value is -2.99. The van der Waals surface area contributed by atoms with Crippen LogP contribution in [0.15, 0.2) is 65.7 Å². The average molecular weight is 407 g/mol. The van der Waals surface area contributed by atoms with Crippen molar-refractivity contribution in [3.05, 3.63) is 71.3 Å². The molecule has 0 bridgehead atoms. The minimum absolute atomic E-state index is 0.203. The zero-order valence-electron chi connectivity index (χ0n) is 16.2. The molecule has 2 aromatic carbocycles. The van der Waals surface area contributed by atoms with Crippen LogP contribution >= 0.6 is 11.8 Å². The van der Waals surface area contributed by atoms with Crippen LogP contribution < -0.4 is 4.74 Å². The fraction of sp³-hybridized carbons (Fsp3) is 0.217. The van der Waals surface area contributed by atoms with Crippen molar-refractivity contribution >= 4 is 39.9 Å². The number of aryl methyl sites for hydroxylation is 1. The lowest BCUT2D eigenvalue weighted by Crippen LogP contribution is -2.27. The van der Waals surface area contributed by atoms with Crippen LogP contribution in [0.2, 0.25) is 0 Å². The number of carbonyl (C=O) groups is 2. The van der Waals surface area contributed by atoms with Crippen LogP contribution in [0.5, 0.6) is 5.75 Å². The highest BCUT2D eigenvalue weighted by Crippen LogP contribution is 2.34. The quantitative estimate of drug-likeness (QED) is 0.401. The molecule has 0 N–H and O–H groups in total. The maximum absolute atomic E-state index is 12.4. The lowest BCUT2D eigenvalue weighted by Gasteiger charge is -2.07. The highest BCUT2D eigenvalue weighted by molar-refractivity contribution is 8.18. The van der Waals surface area contributed by atoms with E-state index in [9.17, 15) is 9.59 Å². The third-order valence-corrected chi connectivity index (χ3v) is 5.76. The third-order valence-electron chi connectivity index (χ3n) is 4.85. The molecule has 1 saturated heterocycles. The Balaban J connectivity index is 1.52. The van der Waals surface area contributed by atoms with Gasteiger partial charge in [0.15, 0.2) is 0 Å². The SMILES string of the molecule is CCN1C(=O)S/C(=C\c2cn(CCCOc3ccccc3)c3ccccc23)C1=O. The lowest BCUT2D eigenvalue weighted by atomic mass is 10.1. The molecule has 2 amide bonds. The molecule has 0 aliphatic carbocycles. The summed E-state index contributed by atoms with van der Waals surface area (Å²) in [4.78, 5) is 26.2. The third kappa shape index (κ3) is 4.07. The number of hydrogen-bond acceptors (Lipinski definition) is 4. The van der Waals surface area contributed by atoms with Gasteiger partial charge in [0.25, 0.3) is 11.1 Å². The van der Waals surface area contributed by atoms with E-state index >= 15 is 0 Å². The van der Waals surface area contributed by atoms with Gasteiger partial charge in [0.2, 0.25) is 0 Å². The molecule has 6 heteroatoms. The highest BCUT2D eigenvalue weighted by atomic mass is 32.2. The van der Waals surface area contributed by atoms with Gasteiger partial charge in [-0.25, -0.2) is 0 Å². The average Bonchev–Trinajstić information content (AvgIpc) is 3.23. The fourth-order valence-corrected chi connectivity index (χ4v) is 4.32. The minimum atomic E-state index is -0.212. The molecule has 1 aromatic heterocycles. The summed E-state index contributed by atoms with van der Waals surface area (Å²) in [6.07, 6.45) is 4.74. The number of hydrogen-bond donors (Lipinski definition) is 0. The summed E-state index contributed by atoms with van der Waals surface area (Å²) in [7, 11) is 0. The first-order chi connectivity index (χ1) is 14.2. The van der Waals surface area contributed by atoms with Crippen molar-refractivity contribution in [1.29, 1.82) is 0 Å². The summed E-state index contributed by atoms with van der Waals surface area (Å²) < 4.78 is 7.97. The first-order valence-electron chi connectivity index (χ1n) is 9.68. The number of para-hydroxylation sites is 2. The van der Waals surface area contributed by atoms with Crippen LogP contribution in [0.4, 0.5) is 4.79 Å². The fourth-order valence-electron chi connectivity index (χ4n) is 3.43. The van der Waals surface area contributed by atoms with Crippen LogP contribution in [-0.2, 0) is 11.3 Å². The molecule has 0 atom stereocenters. The van der Waals surface area contributed by atoms with Crippen molar-refractivity contribution in [1.82, 2.24) is 9.47 Å². The lowest BCUT2D eigenvalue weighted by molar-refractivity contribution is -0.122. The molecule has 148 valence electrons. The van der Waals surface area contributed by atoms with E-state index in [1.165, 1.54) is 4.90 Å². The second kappa shape index (κ2) is 8.57. The van der Waals surface area contributed by atoms with Gasteiger partial charge in [0.1, 0.15) is 5.75 Å². The number of nitrogens with zero attached hydrogens (tertiary/aromatic N) is 2. The van der Waals surface area contributed by atoms with Gasteiger partial charge >= 0.3 is 0 Å². The molecule has 1 aliphatic heterocycles. The van der Waals surface area contributed by atoms with Gasteiger partial charge in [-0.3, -0.25) is 14.5 Å². The van der Waals surface area contributed by atoms with Gasteiger partial charge in [-0.2, -0.15) is 0 Å². The molecule has 5 nitrogen and oxygen atoms in total. The molecule has 4 rings (SSSR count). The Morgan fingerprint density at radius 3 is 2.55 bits per heavy atom. The van der Waals surface area contributed by atoms with Gasteiger partial charge in [-0.15, -0.1) is 0 Å². The van der Waals surface area contributed by atoms with Crippen molar-refractivity contribution in [3.63, 3.8) is 0 Å². The predicted octanol–water partition coefficient (Wildman–Crippen LogP) is 5.17. The van der Waals surface area contributed by atoms with Crippen molar-refractivity contribution < 1.29 is 14.3 Å². The second-order valence-corrected chi connectivity index (χ2v) is 7.73. The van der Waals surface area contributed by atoms with Crippen LogP contribution in [0.25, 0.3) is 17.0 Å². The summed E-state index contributed by atoms with van der Waals surface area (Å²) in [5.41, 5.74) is 2.05. The molecule has 1 aliphatic rings. The Morgan fingerprint density at radius 1 is 1.03 bits per heavy atom. The molecule has 0 unspecified atom stereocenters. The number of thioether (sulfide) groups is 1. The number of rotatable bonds is 7. The number of aromatic nitrogens is 1. The van der Waals surface area contributed by atoms with Crippen LogP contribution in [0.3, 0.4) is 0 Å². The Bertz CT molecular complexity index is 1070. The van der Waals surface area contributed by atoms with Gasteiger partial charge in [0.05, 0.1) is 11.5 Å². The van der Waals surface area contributed by atoms with E-state index in [-0.39, 0.29) is 11.1 Å². The van der Waals surface area contributed by atoms with E-state index in [2.05, 4.69) is 10.6 Å². The number of likely N-dealkylation sites (N-methyl/N-ethyl adjacent to an activating group) is 1. The van der Waals surface area contributed by atoms with Gasteiger partial charge in [-0.1, -0.05) is 36.4 Å². The number of carbonyl (C=O) groups excluding carboxylic acids is 2. The van der Waals surface area contributed by atoms with Crippen molar-refractivity contribution in [2.24, 2.45) is 0 Å². The first-order valence-corrected chi connectivity index (χ1v) is 10.5. The minimum Gasteiger partial charge on any atom is -0.494 e. The number of benzene rings is 2. The molecular weight excluding hydrogens is 384 g/mol. The Labute approximate surface area is 173 Å². The van der Waals surface area contributed by atoms with Crippen molar-refractivity contribution in [3.8, 4) is 5.75 Å². The summed E-state index contributed by atoms with van der Waals surface area (Å²) in [6.45, 7) is 3.63. The first kappa shape index (κ1) is 19.3. The molecular formula is C23H22N2O3S. The van der Waals surface area contributed by atoms with Gasteiger partial charge in [0, 0.05) is 35.8 Å². The van der Waals surface area contributed by atoms with E-state index in [1.54, 1.807) is 0 Å². The largest absolute Gasteiger partial charge is 0.494 e. The molecule has 0 radical (unpaired) electrons. The van der Waals surface area contributed by atoms with E-state index in [4.69, 9.17) is 4.74 Å². The van der Waals surface area contributed by atoms with E-state index < -0.39 is 0 Å². The van der Waals surface area contributed by atoms with Gasteiger partial charge < -0.3 is 9.30 Å². The van der Waals surface area contributed by atoms with Crippen LogP contribution in [-0.4, -0.2) is 33.8 Å². The zero-order valence-corrected chi connectivity index (χ0v) is 17.0. The van der Waals surface area contributed by atoms with Crippen LogP contribution in [0.1, 0.15) is 18.9 Å². The molecule has 0 saturated carbocycles. The Morgan fingerprint density at radius 2 is 1.79 bits per heavy atom. The van der Waals surface area contributed by atoms with Crippen molar-refractivity contribution in [2.75, 3.05) is 13.2 Å². The summed E-state index contributed by atoms with van der Waals surface area (Å²) in [5.74, 6) is 0.660. The number of amides is 2. The number of imide groups is 1. The van der Waals surface area contributed by atoms with E-state index in [0.717, 1.165) is 46.9 Å². The molecule has 1 fully saturated rings. The monoisotopic (exact) mass is 406 g/mol. The summed E-state index contributed by atoms with van der Waals surface area (Å²) in [6, 6.07) is 17.9. The van der Waals surface area contributed by atoms with Crippen molar-refractivity contribution in [2.45, 2.75) is 19.9 Å². The Kier molecular flexibility index (Phi) is 5.71. The molecule has 3 aromatic rings.